The Hall–Kier alpha value is -0.410. The second-order valence-corrected chi connectivity index (χ2v) is 7.01. The second-order valence-electron chi connectivity index (χ2n) is 5.69. The van der Waals surface area contributed by atoms with Crippen LogP contribution in [0.5, 0.6) is 0 Å². The predicted molar refractivity (Wildman–Crippen MR) is 105 cm³/mol. The molecule has 0 spiro atoms. The Balaban J connectivity index is 0.00000242. The minimum atomic E-state index is 0. The average Bonchev–Trinajstić information content (AvgIpc) is 2.89. The summed E-state index contributed by atoms with van der Waals surface area (Å²) in [5.74, 6) is 1.66. The first-order chi connectivity index (χ1) is 10.2. The first-order valence-corrected chi connectivity index (χ1v) is 8.61. The Morgan fingerprint density at radius 2 is 2.14 bits per heavy atom. The lowest BCUT2D eigenvalue weighted by Crippen LogP contribution is -2.42. The van der Waals surface area contributed by atoms with Gasteiger partial charge in [-0.3, -0.25) is 0 Å². The molecule has 0 radical (unpaired) electrons. The van der Waals surface area contributed by atoms with Gasteiger partial charge in [0.1, 0.15) is 5.01 Å². The van der Waals surface area contributed by atoms with E-state index in [1.54, 1.807) is 11.3 Å². The normalized spacial score (nSPS) is 17.1. The minimum Gasteiger partial charge on any atom is -0.357 e. The molecule has 1 fully saturated rings. The third kappa shape index (κ3) is 6.78. The number of aryl methyl sites for hydroxylation is 1. The molecular formula is C15H28IN5S. The molecule has 0 amide bonds. The fraction of sp³-hybridized carbons (Fsp3) is 0.733. The van der Waals surface area contributed by atoms with Gasteiger partial charge in [-0.15, -0.1) is 35.3 Å². The highest BCUT2D eigenvalue weighted by Crippen LogP contribution is 2.15. The Bertz CT molecular complexity index is 455. The van der Waals surface area contributed by atoms with Gasteiger partial charge in [-0.2, -0.15) is 0 Å². The molecule has 2 N–H and O–H groups in total. The number of aromatic nitrogens is 1. The molecule has 126 valence electrons. The molecule has 22 heavy (non-hydrogen) atoms. The van der Waals surface area contributed by atoms with Crippen LogP contribution < -0.4 is 10.6 Å². The molecule has 0 aromatic carbocycles. The van der Waals surface area contributed by atoms with E-state index in [0.717, 1.165) is 30.0 Å². The molecule has 0 saturated carbocycles. The molecule has 0 atom stereocenters. The van der Waals surface area contributed by atoms with Crippen LogP contribution in [0.15, 0.2) is 11.2 Å². The Morgan fingerprint density at radius 3 is 2.73 bits per heavy atom. The minimum absolute atomic E-state index is 0. The lowest BCUT2D eigenvalue weighted by molar-refractivity contribution is 0.220. The van der Waals surface area contributed by atoms with Crippen molar-refractivity contribution in [3.05, 3.63) is 16.1 Å². The fourth-order valence-electron chi connectivity index (χ4n) is 2.47. The number of nitrogens with zero attached hydrogens (tertiary/aromatic N) is 3. The van der Waals surface area contributed by atoms with Crippen LogP contribution in [0.1, 0.15) is 29.7 Å². The van der Waals surface area contributed by atoms with Crippen LogP contribution in [0.4, 0.5) is 0 Å². The van der Waals surface area contributed by atoms with E-state index < -0.39 is 0 Å². The van der Waals surface area contributed by atoms with Crippen molar-refractivity contribution in [3.63, 3.8) is 0 Å². The van der Waals surface area contributed by atoms with Gasteiger partial charge in [-0.1, -0.05) is 0 Å². The summed E-state index contributed by atoms with van der Waals surface area (Å²) < 4.78 is 0. The van der Waals surface area contributed by atoms with Gasteiger partial charge in [0, 0.05) is 24.2 Å². The molecule has 0 bridgehead atoms. The summed E-state index contributed by atoms with van der Waals surface area (Å²) in [4.78, 5) is 12.6. The standard InChI is InChI=1S/C15H27N5S.HI/c1-4-16-15(19-11-14-17-9-12(2)21-14)18-10-13-5-7-20(3)8-6-13;/h9,13H,4-8,10-11H2,1-3H3,(H2,16,18,19);1H. The average molecular weight is 437 g/mol. The van der Waals surface area contributed by atoms with Gasteiger partial charge in [-0.25, -0.2) is 9.98 Å². The highest BCUT2D eigenvalue weighted by atomic mass is 127. The first-order valence-electron chi connectivity index (χ1n) is 7.79. The molecule has 1 aliphatic heterocycles. The fourth-order valence-corrected chi connectivity index (χ4v) is 3.18. The van der Waals surface area contributed by atoms with E-state index in [9.17, 15) is 0 Å². The molecular weight excluding hydrogens is 409 g/mol. The van der Waals surface area contributed by atoms with Gasteiger partial charge >= 0.3 is 0 Å². The van der Waals surface area contributed by atoms with Crippen LogP contribution in [0, 0.1) is 12.8 Å². The Labute approximate surface area is 155 Å². The molecule has 5 nitrogen and oxygen atoms in total. The second kappa shape index (κ2) is 10.4. The van der Waals surface area contributed by atoms with Gasteiger partial charge in [0.2, 0.25) is 0 Å². The summed E-state index contributed by atoms with van der Waals surface area (Å²) in [7, 11) is 2.20. The van der Waals surface area contributed by atoms with E-state index in [-0.39, 0.29) is 24.0 Å². The molecule has 2 heterocycles. The van der Waals surface area contributed by atoms with Gasteiger partial charge in [0.05, 0.1) is 6.54 Å². The van der Waals surface area contributed by atoms with Gasteiger partial charge in [0.25, 0.3) is 0 Å². The van der Waals surface area contributed by atoms with Crippen molar-refractivity contribution >= 4 is 41.3 Å². The van der Waals surface area contributed by atoms with Crippen molar-refractivity contribution in [2.45, 2.75) is 33.2 Å². The maximum absolute atomic E-state index is 4.63. The van der Waals surface area contributed by atoms with E-state index in [4.69, 9.17) is 0 Å². The zero-order valence-corrected chi connectivity index (χ0v) is 16.9. The van der Waals surface area contributed by atoms with E-state index >= 15 is 0 Å². The van der Waals surface area contributed by atoms with Crippen molar-refractivity contribution in [2.75, 3.05) is 33.2 Å². The Morgan fingerprint density at radius 1 is 1.41 bits per heavy atom. The maximum atomic E-state index is 4.63. The lowest BCUT2D eigenvalue weighted by Gasteiger charge is -2.29. The lowest BCUT2D eigenvalue weighted by atomic mass is 9.97. The van der Waals surface area contributed by atoms with Crippen LogP contribution >= 0.6 is 35.3 Å². The van der Waals surface area contributed by atoms with Crippen molar-refractivity contribution in [2.24, 2.45) is 10.9 Å². The number of hydrogen-bond acceptors (Lipinski definition) is 4. The zero-order chi connectivity index (χ0) is 15.1. The summed E-state index contributed by atoms with van der Waals surface area (Å²) in [5.41, 5.74) is 0. The first kappa shape index (κ1) is 19.6. The molecule has 2 rings (SSSR count). The summed E-state index contributed by atoms with van der Waals surface area (Å²) in [6.45, 7) is 9.14. The summed E-state index contributed by atoms with van der Waals surface area (Å²) in [5, 5.41) is 7.87. The molecule has 1 saturated heterocycles. The number of aliphatic imine (C=N–C) groups is 1. The van der Waals surface area contributed by atoms with E-state index in [2.05, 4.69) is 46.4 Å². The number of guanidine groups is 1. The summed E-state index contributed by atoms with van der Waals surface area (Å²) >= 11 is 1.71. The van der Waals surface area contributed by atoms with Crippen LogP contribution in [0.25, 0.3) is 0 Å². The van der Waals surface area contributed by atoms with Crippen molar-refractivity contribution in [1.29, 1.82) is 0 Å². The number of likely N-dealkylation sites (tertiary alicyclic amines) is 1. The van der Waals surface area contributed by atoms with Crippen molar-refractivity contribution < 1.29 is 0 Å². The van der Waals surface area contributed by atoms with E-state index in [1.165, 1.54) is 30.8 Å². The van der Waals surface area contributed by atoms with Gasteiger partial charge in [0.15, 0.2) is 5.96 Å². The summed E-state index contributed by atoms with van der Waals surface area (Å²) in [6.07, 6.45) is 4.46. The molecule has 1 aliphatic rings. The van der Waals surface area contributed by atoms with Gasteiger partial charge < -0.3 is 15.5 Å². The number of hydrogen-bond donors (Lipinski definition) is 2. The quantitative estimate of drug-likeness (QED) is 0.422. The largest absolute Gasteiger partial charge is 0.357 e. The topological polar surface area (TPSA) is 52.6 Å². The van der Waals surface area contributed by atoms with Crippen molar-refractivity contribution in [1.82, 2.24) is 20.5 Å². The highest BCUT2D eigenvalue weighted by molar-refractivity contribution is 14.0. The number of rotatable bonds is 5. The predicted octanol–water partition coefficient (Wildman–Crippen LogP) is 2.47. The van der Waals surface area contributed by atoms with Gasteiger partial charge in [-0.05, 0) is 52.7 Å². The molecule has 7 heteroatoms. The van der Waals surface area contributed by atoms with Crippen LogP contribution in [-0.2, 0) is 6.54 Å². The summed E-state index contributed by atoms with van der Waals surface area (Å²) in [6, 6.07) is 0. The van der Waals surface area contributed by atoms with Crippen LogP contribution in [-0.4, -0.2) is 49.1 Å². The van der Waals surface area contributed by atoms with Crippen LogP contribution in [0.3, 0.4) is 0 Å². The number of nitrogens with one attached hydrogen (secondary N) is 2. The molecule has 1 aromatic rings. The molecule has 1 aromatic heterocycles. The number of thiazole rings is 1. The maximum Gasteiger partial charge on any atom is 0.191 e. The Kier molecular flexibility index (Phi) is 9.27. The van der Waals surface area contributed by atoms with E-state index in [0.29, 0.717) is 6.54 Å². The third-order valence-electron chi connectivity index (χ3n) is 3.78. The number of piperidine rings is 1. The van der Waals surface area contributed by atoms with Crippen molar-refractivity contribution in [3.8, 4) is 0 Å². The smallest absolute Gasteiger partial charge is 0.191 e. The number of halogens is 1. The van der Waals surface area contributed by atoms with E-state index in [1.807, 2.05) is 6.20 Å². The zero-order valence-electron chi connectivity index (χ0n) is 13.8. The molecule has 0 aliphatic carbocycles. The highest BCUT2D eigenvalue weighted by Gasteiger charge is 2.16. The third-order valence-corrected chi connectivity index (χ3v) is 4.68. The molecule has 0 unspecified atom stereocenters. The monoisotopic (exact) mass is 437 g/mol. The SMILES string of the molecule is CCNC(=NCc1ncc(C)s1)NCC1CCN(C)CC1.I. The van der Waals surface area contributed by atoms with Crippen LogP contribution in [0.2, 0.25) is 0 Å².